The van der Waals surface area contributed by atoms with Gasteiger partial charge >= 0.3 is 0 Å². The Balaban J connectivity index is 2.34. The molecule has 2 heteroatoms. The maximum Gasteiger partial charge on any atom is 0.119 e. The Labute approximate surface area is 68.4 Å². The average molecular weight is 155 g/mol. The Hall–Kier alpha value is -0.500. The van der Waals surface area contributed by atoms with Crippen LogP contribution in [0.25, 0.3) is 0 Å². The van der Waals surface area contributed by atoms with Crippen molar-refractivity contribution in [3.05, 3.63) is 11.8 Å². The normalized spacial score (nSPS) is 25.7. The molecule has 0 radical (unpaired) electrons. The fourth-order valence-electron chi connectivity index (χ4n) is 1.45. The summed E-state index contributed by atoms with van der Waals surface area (Å²) in [7, 11) is 0. The first-order chi connectivity index (χ1) is 5.43. The minimum Gasteiger partial charge on any atom is -0.416 e. The summed E-state index contributed by atoms with van der Waals surface area (Å²) in [5.41, 5.74) is 0. The van der Waals surface area contributed by atoms with Crippen LogP contribution in [0.4, 0.5) is 0 Å². The Morgan fingerprint density at radius 1 is 1.09 bits per heavy atom. The maximum atomic E-state index is 5.11. The molecule has 0 bridgehead atoms. The van der Waals surface area contributed by atoms with E-state index in [1.54, 1.807) is 0 Å². The van der Waals surface area contributed by atoms with Crippen molar-refractivity contribution in [1.29, 1.82) is 0 Å². The van der Waals surface area contributed by atoms with Crippen molar-refractivity contribution in [3.63, 3.8) is 0 Å². The second-order valence-electron chi connectivity index (χ2n) is 3.09. The molecule has 0 saturated carbocycles. The molecule has 0 amide bonds. The molecule has 0 spiro atoms. The highest BCUT2D eigenvalue weighted by atomic mass is 16.6. The quantitative estimate of drug-likeness (QED) is 0.590. The van der Waals surface area contributed by atoms with E-state index in [4.69, 9.17) is 10.7 Å². The molecule has 0 aromatic carbocycles. The first-order valence-corrected chi connectivity index (χ1v) is 4.49. The van der Waals surface area contributed by atoms with Gasteiger partial charge in [0.15, 0.2) is 0 Å². The molecule has 64 valence electrons. The van der Waals surface area contributed by atoms with Crippen molar-refractivity contribution in [1.82, 2.24) is 0 Å². The van der Waals surface area contributed by atoms with Crippen LogP contribution in [0.1, 0.15) is 44.9 Å². The molecule has 1 rings (SSSR count). The van der Waals surface area contributed by atoms with E-state index in [1.165, 1.54) is 32.1 Å². The topological polar surface area (TPSA) is 35.2 Å². The molecule has 0 atom stereocenters. The first kappa shape index (κ1) is 8.60. The Kier molecular flexibility index (Phi) is 4.06. The Bertz CT molecular complexity index is 132. The molecule has 11 heavy (non-hydrogen) atoms. The standard InChI is InChI=1S/C9H17NO/c10-11-9-7-5-3-1-2-4-6-8-9/h7H,1-6,8,10H2/b9-7+. The summed E-state index contributed by atoms with van der Waals surface area (Å²) >= 11 is 0. The fourth-order valence-corrected chi connectivity index (χ4v) is 1.45. The van der Waals surface area contributed by atoms with E-state index >= 15 is 0 Å². The summed E-state index contributed by atoms with van der Waals surface area (Å²) in [5, 5.41) is 0. The van der Waals surface area contributed by atoms with Crippen LogP contribution in [0.5, 0.6) is 0 Å². The zero-order chi connectivity index (χ0) is 7.94. The lowest BCUT2D eigenvalue weighted by molar-refractivity contribution is 0.207. The van der Waals surface area contributed by atoms with E-state index in [0.717, 1.165) is 18.6 Å². The van der Waals surface area contributed by atoms with Crippen LogP contribution in [0.3, 0.4) is 0 Å². The van der Waals surface area contributed by atoms with Gasteiger partial charge in [0.1, 0.15) is 5.76 Å². The van der Waals surface area contributed by atoms with Crippen LogP contribution >= 0.6 is 0 Å². The van der Waals surface area contributed by atoms with Crippen LogP contribution in [-0.2, 0) is 4.84 Å². The number of allylic oxidation sites excluding steroid dienone is 2. The molecule has 0 heterocycles. The summed E-state index contributed by atoms with van der Waals surface area (Å²) < 4.78 is 0. The van der Waals surface area contributed by atoms with Crippen LogP contribution in [0.15, 0.2) is 11.8 Å². The number of hydrogen-bond acceptors (Lipinski definition) is 2. The van der Waals surface area contributed by atoms with E-state index in [-0.39, 0.29) is 0 Å². The molecule has 0 aromatic rings. The molecule has 0 unspecified atom stereocenters. The van der Waals surface area contributed by atoms with Gasteiger partial charge in [-0.25, -0.2) is 0 Å². The highest BCUT2D eigenvalue weighted by Gasteiger charge is 2.00. The van der Waals surface area contributed by atoms with E-state index in [1.807, 2.05) is 0 Å². The monoisotopic (exact) mass is 155 g/mol. The van der Waals surface area contributed by atoms with Gasteiger partial charge in [0.2, 0.25) is 0 Å². The van der Waals surface area contributed by atoms with Crippen molar-refractivity contribution < 1.29 is 4.84 Å². The molecule has 2 nitrogen and oxygen atoms in total. The second kappa shape index (κ2) is 5.19. The van der Waals surface area contributed by atoms with Gasteiger partial charge in [-0.3, -0.25) is 0 Å². The summed E-state index contributed by atoms with van der Waals surface area (Å²) in [5.74, 6) is 6.09. The molecular formula is C9H17NO. The predicted octanol–water partition coefficient (Wildman–Crippen LogP) is 2.50. The van der Waals surface area contributed by atoms with Crippen LogP contribution in [-0.4, -0.2) is 0 Å². The van der Waals surface area contributed by atoms with Gasteiger partial charge in [0.25, 0.3) is 0 Å². The molecule has 2 N–H and O–H groups in total. The zero-order valence-electron chi connectivity index (χ0n) is 7.01. The fraction of sp³-hybridized carbons (Fsp3) is 0.778. The average Bonchev–Trinajstić information content (AvgIpc) is 2.16. The highest BCUT2D eigenvalue weighted by Crippen LogP contribution is 2.16. The molecule has 1 aliphatic carbocycles. The second-order valence-corrected chi connectivity index (χ2v) is 3.09. The van der Waals surface area contributed by atoms with Gasteiger partial charge in [-0.05, 0) is 25.3 Å². The molecule has 0 saturated heterocycles. The molecule has 1 aliphatic rings. The largest absolute Gasteiger partial charge is 0.416 e. The summed E-state index contributed by atoms with van der Waals surface area (Å²) in [6.45, 7) is 0. The van der Waals surface area contributed by atoms with Crippen LogP contribution < -0.4 is 5.90 Å². The van der Waals surface area contributed by atoms with Crippen molar-refractivity contribution in [2.45, 2.75) is 44.9 Å². The lowest BCUT2D eigenvalue weighted by atomic mass is 10.1. The van der Waals surface area contributed by atoms with Crippen LogP contribution in [0.2, 0.25) is 0 Å². The predicted molar refractivity (Wildman–Crippen MR) is 45.7 cm³/mol. The van der Waals surface area contributed by atoms with Gasteiger partial charge in [0, 0.05) is 6.42 Å². The van der Waals surface area contributed by atoms with Gasteiger partial charge in [0.05, 0.1) is 0 Å². The number of rotatable bonds is 1. The third kappa shape index (κ3) is 3.42. The molecule has 0 aromatic heterocycles. The molecule has 0 aliphatic heterocycles. The lowest BCUT2D eigenvalue weighted by Crippen LogP contribution is -1.98. The van der Waals surface area contributed by atoms with E-state index in [0.29, 0.717) is 0 Å². The van der Waals surface area contributed by atoms with Crippen molar-refractivity contribution >= 4 is 0 Å². The van der Waals surface area contributed by atoms with Gasteiger partial charge in [-0.15, -0.1) is 0 Å². The minimum atomic E-state index is 0.979. The molecule has 0 fully saturated rings. The SMILES string of the molecule is NO/C1=C/CCCCCCC1. The number of nitrogens with two attached hydrogens (primary N) is 1. The lowest BCUT2D eigenvalue weighted by Gasteiger charge is -2.02. The highest BCUT2D eigenvalue weighted by molar-refractivity contribution is 4.92. The number of hydrogen-bond donors (Lipinski definition) is 1. The minimum absolute atomic E-state index is 0.979. The van der Waals surface area contributed by atoms with Crippen LogP contribution in [0, 0.1) is 0 Å². The van der Waals surface area contributed by atoms with Gasteiger partial charge < -0.3 is 4.84 Å². The van der Waals surface area contributed by atoms with E-state index < -0.39 is 0 Å². The van der Waals surface area contributed by atoms with Gasteiger partial charge in [-0.1, -0.05) is 19.3 Å². The van der Waals surface area contributed by atoms with Crippen molar-refractivity contribution in [2.24, 2.45) is 5.90 Å². The molecular weight excluding hydrogens is 138 g/mol. The van der Waals surface area contributed by atoms with E-state index in [9.17, 15) is 0 Å². The Morgan fingerprint density at radius 3 is 2.64 bits per heavy atom. The Morgan fingerprint density at radius 2 is 1.82 bits per heavy atom. The summed E-state index contributed by atoms with van der Waals surface area (Å²) in [6, 6.07) is 0. The summed E-state index contributed by atoms with van der Waals surface area (Å²) in [4.78, 5) is 4.74. The van der Waals surface area contributed by atoms with E-state index in [2.05, 4.69) is 6.08 Å². The van der Waals surface area contributed by atoms with Gasteiger partial charge in [-0.2, -0.15) is 5.90 Å². The zero-order valence-corrected chi connectivity index (χ0v) is 7.01. The smallest absolute Gasteiger partial charge is 0.119 e. The first-order valence-electron chi connectivity index (χ1n) is 4.49. The third-order valence-electron chi connectivity index (χ3n) is 2.15. The van der Waals surface area contributed by atoms with Crippen molar-refractivity contribution in [2.75, 3.05) is 0 Å². The summed E-state index contributed by atoms with van der Waals surface area (Å²) in [6.07, 6.45) is 10.8. The van der Waals surface area contributed by atoms with Crippen molar-refractivity contribution in [3.8, 4) is 0 Å². The third-order valence-corrected chi connectivity index (χ3v) is 2.15. The maximum absolute atomic E-state index is 5.11.